The molecule has 0 radical (unpaired) electrons. The molecule has 0 spiro atoms. The van der Waals surface area contributed by atoms with Gasteiger partial charge in [-0.2, -0.15) is 4.31 Å². The van der Waals surface area contributed by atoms with Crippen LogP contribution in [0.1, 0.15) is 24.0 Å². The molecule has 0 bridgehead atoms. The number of ether oxygens (including phenoxy) is 3. The first kappa shape index (κ1) is 21.9. The Labute approximate surface area is 182 Å². The number of fused-ring (bicyclic) bond motifs is 1. The van der Waals surface area contributed by atoms with E-state index in [0.717, 1.165) is 18.9 Å². The fourth-order valence-electron chi connectivity index (χ4n) is 3.65. The molecule has 12 nitrogen and oxygen atoms in total. The predicted octanol–water partition coefficient (Wildman–Crippen LogP) is 2.73. The standard InChI is InChI=1S/C19H19N3O9S/c23-21(24)15-7-13-10-29-12-31-19(13)14(8-15)11-30-18-4-3-16(9-17(18)22(25)26)32(27,28)20-5-1-2-6-20/h3-4,7-9H,1-2,5-6,10-12H2. The zero-order chi connectivity index (χ0) is 22.9. The lowest BCUT2D eigenvalue weighted by Gasteiger charge is -2.20. The van der Waals surface area contributed by atoms with Crippen molar-refractivity contribution in [3.63, 3.8) is 0 Å². The minimum absolute atomic E-state index is 0.0407. The van der Waals surface area contributed by atoms with Crippen LogP contribution in [0.15, 0.2) is 35.2 Å². The summed E-state index contributed by atoms with van der Waals surface area (Å²) in [5.41, 5.74) is 0.0676. The lowest BCUT2D eigenvalue weighted by atomic mass is 10.1. The van der Waals surface area contributed by atoms with Gasteiger partial charge in [0.25, 0.3) is 5.69 Å². The molecule has 0 aliphatic carbocycles. The number of nitrogens with zero attached hydrogens (tertiary/aromatic N) is 3. The summed E-state index contributed by atoms with van der Waals surface area (Å²) >= 11 is 0. The molecule has 2 aliphatic heterocycles. The monoisotopic (exact) mass is 465 g/mol. The Kier molecular flexibility index (Phi) is 5.95. The van der Waals surface area contributed by atoms with Crippen molar-refractivity contribution < 1.29 is 32.5 Å². The van der Waals surface area contributed by atoms with Crippen molar-refractivity contribution in [1.82, 2.24) is 4.31 Å². The van der Waals surface area contributed by atoms with Crippen molar-refractivity contribution in [2.24, 2.45) is 0 Å². The molecule has 0 saturated carbocycles. The van der Waals surface area contributed by atoms with Gasteiger partial charge in [0.2, 0.25) is 10.0 Å². The van der Waals surface area contributed by atoms with Gasteiger partial charge in [-0.15, -0.1) is 0 Å². The van der Waals surface area contributed by atoms with Gasteiger partial charge in [0.05, 0.1) is 21.3 Å². The average molecular weight is 465 g/mol. The molecule has 1 saturated heterocycles. The van der Waals surface area contributed by atoms with E-state index < -0.39 is 25.6 Å². The maximum atomic E-state index is 12.7. The lowest BCUT2D eigenvalue weighted by Crippen LogP contribution is -2.27. The Morgan fingerprint density at radius 2 is 1.81 bits per heavy atom. The molecule has 1 fully saturated rings. The van der Waals surface area contributed by atoms with E-state index in [1.54, 1.807) is 0 Å². The molecule has 2 aromatic rings. The number of sulfonamides is 1. The van der Waals surface area contributed by atoms with Crippen LogP contribution in [0.2, 0.25) is 0 Å². The molecular weight excluding hydrogens is 446 g/mol. The average Bonchev–Trinajstić information content (AvgIpc) is 3.33. The van der Waals surface area contributed by atoms with Gasteiger partial charge in [0, 0.05) is 42.4 Å². The number of non-ortho nitro benzene ring substituents is 1. The molecule has 13 heteroatoms. The number of nitro benzene ring substituents is 2. The predicted molar refractivity (Wildman–Crippen MR) is 109 cm³/mol. The molecule has 0 atom stereocenters. The van der Waals surface area contributed by atoms with Gasteiger partial charge in [-0.3, -0.25) is 20.2 Å². The second-order valence-corrected chi connectivity index (χ2v) is 9.19. The van der Waals surface area contributed by atoms with Crippen molar-refractivity contribution in [3.8, 4) is 11.5 Å². The Morgan fingerprint density at radius 1 is 1.06 bits per heavy atom. The van der Waals surface area contributed by atoms with Crippen LogP contribution in [-0.2, 0) is 28.0 Å². The first-order chi connectivity index (χ1) is 15.3. The summed E-state index contributed by atoms with van der Waals surface area (Å²) in [6.07, 6.45) is 1.48. The number of benzene rings is 2. The Hall–Kier alpha value is -3.29. The summed E-state index contributed by atoms with van der Waals surface area (Å²) in [6.45, 7) is 0.559. The van der Waals surface area contributed by atoms with Crippen molar-refractivity contribution in [1.29, 1.82) is 0 Å². The van der Waals surface area contributed by atoms with E-state index in [0.29, 0.717) is 30.0 Å². The second kappa shape index (κ2) is 8.68. The molecule has 4 rings (SSSR count). The van der Waals surface area contributed by atoms with Crippen LogP contribution in [-0.4, -0.2) is 42.5 Å². The summed E-state index contributed by atoms with van der Waals surface area (Å²) < 4.78 is 42.9. The van der Waals surface area contributed by atoms with Crippen LogP contribution < -0.4 is 9.47 Å². The third-order valence-electron chi connectivity index (χ3n) is 5.20. The van der Waals surface area contributed by atoms with Gasteiger partial charge in [0.15, 0.2) is 12.5 Å². The SMILES string of the molecule is O=[N+]([O-])c1cc2c(c(COc3ccc(S(=O)(=O)N4CCCC4)cc3[N+](=O)[O-])c1)OCOC2. The van der Waals surface area contributed by atoms with Gasteiger partial charge in [-0.25, -0.2) is 8.42 Å². The highest BCUT2D eigenvalue weighted by Gasteiger charge is 2.30. The molecule has 0 unspecified atom stereocenters. The lowest BCUT2D eigenvalue weighted by molar-refractivity contribution is -0.386. The van der Waals surface area contributed by atoms with E-state index in [9.17, 15) is 28.6 Å². The smallest absolute Gasteiger partial charge is 0.312 e. The zero-order valence-corrected chi connectivity index (χ0v) is 17.6. The normalized spacial score (nSPS) is 16.2. The summed E-state index contributed by atoms with van der Waals surface area (Å²) in [7, 11) is -3.84. The molecule has 32 heavy (non-hydrogen) atoms. The van der Waals surface area contributed by atoms with Crippen LogP contribution >= 0.6 is 0 Å². The number of nitro groups is 2. The molecule has 2 aliphatic rings. The molecular formula is C19H19N3O9S. The van der Waals surface area contributed by atoms with Crippen LogP contribution in [0.25, 0.3) is 0 Å². The van der Waals surface area contributed by atoms with Crippen LogP contribution in [0, 0.1) is 20.2 Å². The Bertz CT molecular complexity index is 1180. The zero-order valence-electron chi connectivity index (χ0n) is 16.8. The maximum absolute atomic E-state index is 12.7. The summed E-state index contributed by atoms with van der Waals surface area (Å²) in [4.78, 5) is 21.3. The molecule has 0 aromatic heterocycles. The Morgan fingerprint density at radius 3 is 2.50 bits per heavy atom. The van der Waals surface area contributed by atoms with E-state index in [4.69, 9.17) is 14.2 Å². The minimum Gasteiger partial charge on any atom is -0.482 e. The third-order valence-corrected chi connectivity index (χ3v) is 7.09. The second-order valence-electron chi connectivity index (χ2n) is 7.25. The van der Waals surface area contributed by atoms with Crippen LogP contribution in [0.4, 0.5) is 11.4 Å². The third kappa shape index (κ3) is 4.22. The molecule has 2 heterocycles. The minimum atomic E-state index is -3.84. The highest BCUT2D eigenvalue weighted by molar-refractivity contribution is 7.89. The fourth-order valence-corrected chi connectivity index (χ4v) is 5.19. The maximum Gasteiger partial charge on any atom is 0.312 e. The molecule has 0 amide bonds. The van der Waals surface area contributed by atoms with E-state index in [-0.39, 0.29) is 36.3 Å². The summed E-state index contributed by atoms with van der Waals surface area (Å²) in [5, 5.41) is 22.8. The highest BCUT2D eigenvalue weighted by atomic mass is 32.2. The summed E-state index contributed by atoms with van der Waals surface area (Å²) in [6, 6.07) is 6.04. The van der Waals surface area contributed by atoms with Gasteiger partial charge in [-0.05, 0) is 25.0 Å². The van der Waals surface area contributed by atoms with Crippen molar-refractivity contribution in [2.45, 2.75) is 31.0 Å². The molecule has 170 valence electrons. The van der Waals surface area contributed by atoms with Crippen LogP contribution in [0.3, 0.4) is 0 Å². The van der Waals surface area contributed by atoms with Gasteiger partial charge < -0.3 is 14.2 Å². The van der Waals surface area contributed by atoms with E-state index in [1.807, 2.05) is 0 Å². The number of hydrogen-bond donors (Lipinski definition) is 0. The quantitative estimate of drug-likeness (QED) is 0.444. The number of rotatable bonds is 7. The molecule has 0 N–H and O–H groups in total. The van der Waals surface area contributed by atoms with Crippen molar-refractivity contribution in [2.75, 3.05) is 19.9 Å². The number of hydrogen-bond acceptors (Lipinski definition) is 9. The first-order valence-corrected chi connectivity index (χ1v) is 11.1. The topological polar surface area (TPSA) is 151 Å². The van der Waals surface area contributed by atoms with Crippen LogP contribution in [0.5, 0.6) is 11.5 Å². The fraction of sp³-hybridized carbons (Fsp3) is 0.368. The van der Waals surface area contributed by atoms with Crippen molar-refractivity contribution in [3.05, 3.63) is 61.7 Å². The molecule has 2 aromatic carbocycles. The Balaban J connectivity index is 1.63. The van der Waals surface area contributed by atoms with Gasteiger partial charge in [-0.1, -0.05) is 0 Å². The van der Waals surface area contributed by atoms with E-state index in [2.05, 4.69) is 0 Å². The summed E-state index contributed by atoms with van der Waals surface area (Å²) in [5.74, 6) is 0.195. The first-order valence-electron chi connectivity index (χ1n) is 9.69. The van der Waals surface area contributed by atoms with E-state index >= 15 is 0 Å². The largest absolute Gasteiger partial charge is 0.482 e. The van der Waals surface area contributed by atoms with E-state index in [1.165, 1.54) is 28.6 Å². The highest BCUT2D eigenvalue weighted by Crippen LogP contribution is 2.36. The van der Waals surface area contributed by atoms with Gasteiger partial charge >= 0.3 is 5.69 Å². The van der Waals surface area contributed by atoms with Crippen molar-refractivity contribution >= 4 is 21.4 Å². The van der Waals surface area contributed by atoms with Gasteiger partial charge in [0.1, 0.15) is 12.4 Å².